The molecule has 3 unspecified atom stereocenters. The summed E-state index contributed by atoms with van der Waals surface area (Å²) in [6, 6.07) is 0. The van der Waals surface area contributed by atoms with Gasteiger partial charge < -0.3 is 4.74 Å². The zero-order valence-electron chi connectivity index (χ0n) is 10.5. The van der Waals surface area contributed by atoms with E-state index in [1.165, 1.54) is 12.8 Å². The van der Waals surface area contributed by atoms with E-state index in [0.29, 0.717) is 5.92 Å². The van der Waals surface area contributed by atoms with Gasteiger partial charge in [-0.3, -0.25) is 4.79 Å². The van der Waals surface area contributed by atoms with Gasteiger partial charge in [0.05, 0.1) is 5.92 Å². The van der Waals surface area contributed by atoms with Gasteiger partial charge in [-0.05, 0) is 58.3 Å². The molecule has 0 radical (unpaired) electrons. The van der Waals surface area contributed by atoms with Crippen molar-refractivity contribution in [2.75, 3.05) is 0 Å². The Kier molecular flexibility index (Phi) is 3.09. The van der Waals surface area contributed by atoms with Crippen molar-refractivity contribution in [1.29, 1.82) is 0 Å². The molecule has 0 aliphatic heterocycles. The second kappa shape index (κ2) is 4.23. The third kappa shape index (κ3) is 2.87. The van der Waals surface area contributed by atoms with Gasteiger partial charge in [0.2, 0.25) is 0 Å². The van der Waals surface area contributed by atoms with Crippen LogP contribution in [-0.2, 0) is 9.53 Å². The van der Waals surface area contributed by atoms with E-state index >= 15 is 0 Å². The van der Waals surface area contributed by atoms with Crippen LogP contribution >= 0.6 is 0 Å². The Hall–Kier alpha value is -0.790. The van der Waals surface area contributed by atoms with Crippen molar-refractivity contribution in [3.63, 3.8) is 0 Å². The summed E-state index contributed by atoms with van der Waals surface area (Å²) in [7, 11) is 0. The molecular formula is C14H22O2. The third-order valence-corrected chi connectivity index (χ3v) is 3.46. The molecule has 2 rings (SSSR count). The molecule has 0 heterocycles. The predicted octanol–water partition coefficient (Wildman–Crippen LogP) is 3.32. The lowest BCUT2D eigenvalue weighted by molar-refractivity contribution is -0.157. The van der Waals surface area contributed by atoms with E-state index in [0.717, 1.165) is 18.8 Å². The van der Waals surface area contributed by atoms with Crippen LogP contribution in [0.3, 0.4) is 0 Å². The maximum atomic E-state index is 11.8. The van der Waals surface area contributed by atoms with Crippen molar-refractivity contribution in [3.8, 4) is 0 Å². The summed E-state index contributed by atoms with van der Waals surface area (Å²) in [6.07, 6.45) is 9.15. The van der Waals surface area contributed by atoms with E-state index in [4.69, 9.17) is 4.74 Å². The van der Waals surface area contributed by atoms with E-state index in [-0.39, 0.29) is 17.5 Å². The maximum absolute atomic E-state index is 11.8. The Morgan fingerprint density at radius 1 is 1.31 bits per heavy atom. The molecule has 0 amide bonds. The highest BCUT2D eigenvalue weighted by Gasteiger charge is 2.48. The highest BCUT2D eigenvalue weighted by atomic mass is 16.6. The van der Waals surface area contributed by atoms with Gasteiger partial charge in [0, 0.05) is 0 Å². The van der Waals surface area contributed by atoms with Crippen LogP contribution in [0.25, 0.3) is 0 Å². The van der Waals surface area contributed by atoms with Crippen molar-refractivity contribution >= 4 is 5.97 Å². The number of esters is 1. The molecule has 2 aliphatic rings. The second-order valence-electron chi connectivity index (χ2n) is 6.08. The Morgan fingerprint density at radius 2 is 2.06 bits per heavy atom. The second-order valence-corrected chi connectivity index (χ2v) is 6.08. The maximum Gasteiger partial charge on any atom is 0.309 e. The number of ether oxygens (including phenoxy) is 1. The zero-order valence-corrected chi connectivity index (χ0v) is 10.5. The minimum absolute atomic E-state index is 0.0204. The Bertz CT molecular complexity index is 298. The molecule has 16 heavy (non-hydrogen) atoms. The third-order valence-electron chi connectivity index (χ3n) is 3.46. The fourth-order valence-electron chi connectivity index (χ4n) is 2.59. The lowest BCUT2D eigenvalue weighted by atomic mass is 9.89. The van der Waals surface area contributed by atoms with Crippen LogP contribution in [0.15, 0.2) is 12.2 Å². The summed E-state index contributed by atoms with van der Waals surface area (Å²) < 4.78 is 5.43. The average molecular weight is 222 g/mol. The fourth-order valence-corrected chi connectivity index (χ4v) is 2.59. The standard InChI is InChI=1S/C14H22O2/c1-14(2,3)16-13(15)12-9-11(12)10-7-5-4-6-8-10/h4-5,10-12H,6-9H2,1-3H3. The van der Waals surface area contributed by atoms with E-state index in [9.17, 15) is 4.79 Å². The first-order valence-corrected chi connectivity index (χ1v) is 6.35. The van der Waals surface area contributed by atoms with Gasteiger partial charge in [-0.15, -0.1) is 0 Å². The molecule has 0 bridgehead atoms. The normalized spacial score (nSPS) is 33.6. The molecule has 1 fully saturated rings. The van der Waals surface area contributed by atoms with Crippen LogP contribution in [0.1, 0.15) is 46.5 Å². The molecule has 90 valence electrons. The lowest BCUT2D eigenvalue weighted by Crippen LogP contribution is -2.25. The predicted molar refractivity (Wildman–Crippen MR) is 63.9 cm³/mol. The van der Waals surface area contributed by atoms with Crippen molar-refractivity contribution < 1.29 is 9.53 Å². The van der Waals surface area contributed by atoms with Crippen molar-refractivity contribution in [2.24, 2.45) is 17.8 Å². The van der Waals surface area contributed by atoms with Gasteiger partial charge in [-0.2, -0.15) is 0 Å². The molecule has 0 spiro atoms. The molecule has 0 saturated heterocycles. The SMILES string of the molecule is CC(C)(C)OC(=O)C1CC1C1CC=CCC1. The highest BCUT2D eigenvalue weighted by molar-refractivity contribution is 5.76. The first kappa shape index (κ1) is 11.7. The number of hydrogen-bond acceptors (Lipinski definition) is 2. The fraction of sp³-hybridized carbons (Fsp3) is 0.786. The number of rotatable bonds is 2. The van der Waals surface area contributed by atoms with Crippen LogP contribution in [0.2, 0.25) is 0 Å². The van der Waals surface area contributed by atoms with Crippen LogP contribution in [0, 0.1) is 17.8 Å². The summed E-state index contributed by atoms with van der Waals surface area (Å²) >= 11 is 0. The number of carbonyl (C=O) groups is 1. The summed E-state index contributed by atoms with van der Waals surface area (Å²) in [6.45, 7) is 5.81. The van der Waals surface area contributed by atoms with Crippen molar-refractivity contribution in [2.45, 2.75) is 52.1 Å². The van der Waals surface area contributed by atoms with Gasteiger partial charge in [0.25, 0.3) is 0 Å². The van der Waals surface area contributed by atoms with E-state index in [2.05, 4.69) is 12.2 Å². The van der Waals surface area contributed by atoms with Crippen LogP contribution < -0.4 is 0 Å². The molecule has 0 aromatic heterocycles. The molecule has 2 aliphatic carbocycles. The van der Waals surface area contributed by atoms with Crippen LogP contribution in [0.4, 0.5) is 0 Å². The summed E-state index contributed by atoms with van der Waals surface area (Å²) in [4.78, 5) is 11.8. The van der Waals surface area contributed by atoms with Gasteiger partial charge in [-0.25, -0.2) is 0 Å². The average Bonchev–Trinajstić information content (AvgIpc) is 2.96. The molecule has 0 N–H and O–H groups in total. The minimum Gasteiger partial charge on any atom is -0.460 e. The zero-order chi connectivity index (χ0) is 11.8. The van der Waals surface area contributed by atoms with Gasteiger partial charge in [0.1, 0.15) is 5.60 Å². The van der Waals surface area contributed by atoms with E-state index in [1.54, 1.807) is 0 Å². The molecule has 3 atom stereocenters. The first-order valence-electron chi connectivity index (χ1n) is 6.35. The van der Waals surface area contributed by atoms with E-state index < -0.39 is 0 Å². The first-order chi connectivity index (χ1) is 7.47. The smallest absolute Gasteiger partial charge is 0.309 e. The largest absolute Gasteiger partial charge is 0.460 e. The number of allylic oxidation sites excluding steroid dienone is 2. The molecule has 2 heteroatoms. The summed E-state index contributed by atoms with van der Waals surface area (Å²) in [5.41, 5.74) is -0.337. The Balaban J connectivity index is 1.82. The Labute approximate surface area is 98.1 Å². The van der Waals surface area contributed by atoms with Crippen molar-refractivity contribution in [1.82, 2.24) is 0 Å². The van der Waals surface area contributed by atoms with Gasteiger partial charge >= 0.3 is 5.97 Å². The van der Waals surface area contributed by atoms with E-state index in [1.807, 2.05) is 20.8 Å². The minimum atomic E-state index is -0.337. The molecular weight excluding hydrogens is 200 g/mol. The molecule has 0 aromatic carbocycles. The topological polar surface area (TPSA) is 26.3 Å². The summed E-state index contributed by atoms with van der Waals surface area (Å²) in [5, 5.41) is 0. The number of carbonyl (C=O) groups excluding carboxylic acids is 1. The van der Waals surface area contributed by atoms with Gasteiger partial charge in [-0.1, -0.05) is 12.2 Å². The summed E-state index contributed by atoms with van der Waals surface area (Å²) in [5.74, 6) is 1.53. The number of hydrogen-bond donors (Lipinski definition) is 0. The van der Waals surface area contributed by atoms with Crippen LogP contribution in [0.5, 0.6) is 0 Å². The van der Waals surface area contributed by atoms with Gasteiger partial charge in [0.15, 0.2) is 0 Å². The quantitative estimate of drug-likeness (QED) is 0.529. The molecule has 0 aromatic rings. The molecule has 2 nitrogen and oxygen atoms in total. The monoisotopic (exact) mass is 222 g/mol. The lowest BCUT2D eigenvalue weighted by Gasteiger charge is -2.21. The molecule has 1 saturated carbocycles. The highest BCUT2D eigenvalue weighted by Crippen LogP contribution is 2.49. The van der Waals surface area contributed by atoms with Crippen molar-refractivity contribution in [3.05, 3.63) is 12.2 Å². The van der Waals surface area contributed by atoms with Crippen LogP contribution in [-0.4, -0.2) is 11.6 Å². The Morgan fingerprint density at radius 3 is 2.62 bits per heavy atom.